The molecule has 2 aromatic rings. The second-order valence-electron chi connectivity index (χ2n) is 5.12. The van der Waals surface area contributed by atoms with Crippen LogP contribution in [0.2, 0.25) is 0 Å². The summed E-state index contributed by atoms with van der Waals surface area (Å²) < 4.78 is 78.3. The summed E-state index contributed by atoms with van der Waals surface area (Å²) in [5.41, 5.74) is -2.50. The van der Waals surface area contributed by atoms with E-state index >= 15 is 0 Å². The molecule has 0 atom stereocenters. The van der Waals surface area contributed by atoms with Gasteiger partial charge in [-0.15, -0.1) is 0 Å². The molecule has 0 radical (unpaired) electrons. The van der Waals surface area contributed by atoms with Crippen LogP contribution in [0.25, 0.3) is 0 Å². The van der Waals surface area contributed by atoms with Crippen LogP contribution in [0.5, 0.6) is 0 Å². The van der Waals surface area contributed by atoms with Crippen LogP contribution in [0, 0.1) is 12.7 Å². The predicted octanol–water partition coefficient (Wildman–Crippen LogP) is 3.65. The number of carbonyl (C=O) groups is 1. The zero-order chi connectivity index (χ0) is 19.0. The first-order valence-electron chi connectivity index (χ1n) is 6.65. The van der Waals surface area contributed by atoms with Gasteiger partial charge in [0.25, 0.3) is 10.0 Å². The van der Waals surface area contributed by atoms with E-state index in [2.05, 4.69) is 0 Å². The van der Waals surface area contributed by atoms with Crippen LogP contribution < -0.4 is 4.72 Å². The average molecular weight is 377 g/mol. The lowest BCUT2D eigenvalue weighted by molar-refractivity contribution is -0.137. The maximum Gasteiger partial charge on any atom is 0.416 e. The highest BCUT2D eigenvalue weighted by Gasteiger charge is 2.32. The van der Waals surface area contributed by atoms with Gasteiger partial charge in [0, 0.05) is 0 Å². The van der Waals surface area contributed by atoms with Crippen LogP contribution in [-0.4, -0.2) is 19.5 Å². The van der Waals surface area contributed by atoms with Gasteiger partial charge in [0.2, 0.25) is 0 Å². The third-order valence-corrected chi connectivity index (χ3v) is 4.59. The Morgan fingerprint density at radius 1 is 1.12 bits per heavy atom. The number of carboxylic acid groups (broad SMARTS) is 1. The molecule has 0 bridgehead atoms. The molecule has 0 amide bonds. The Morgan fingerprint density at radius 2 is 1.76 bits per heavy atom. The number of aromatic carboxylic acids is 1. The molecule has 2 aromatic carbocycles. The van der Waals surface area contributed by atoms with Gasteiger partial charge in [0.05, 0.1) is 21.7 Å². The third-order valence-electron chi connectivity index (χ3n) is 3.21. The van der Waals surface area contributed by atoms with E-state index < -0.39 is 49.7 Å². The highest BCUT2D eigenvalue weighted by molar-refractivity contribution is 7.92. The molecule has 0 aliphatic heterocycles. The lowest BCUT2D eigenvalue weighted by Crippen LogP contribution is -2.15. The largest absolute Gasteiger partial charge is 0.478 e. The van der Waals surface area contributed by atoms with Gasteiger partial charge in [-0.3, -0.25) is 4.72 Å². The summed E-state index contributed by atoms with van der Waals surface area (Å²) >= 11 is 0. The van der Waals surface area contributed by atoms with Gasteiger partial charge < -0.3 is 5.11 Å². The predicted molar refractivity (Wildman–Crippen MR) is 80.3 cm³/mol. The molecule has 5 nitrogen and oxygen atoms in total. The van der Waals surface area contributed by atoms with Crippen molar-refractivity contribution in [3.8, 4) is 0 Å². The number of hydrogen-bond acceptors (Lipinski definition) is 3. The zero-order valence-electron chi connectivity index (χ0n) is 12.6. The number of benzene rings is 2. The van der Waals surface area contributed by atoms with Crippen molar-refractivity contribution in [2.75, 3.05) is 4.72 Å². The van der Waals surface area contributed by atoms with Crippen molar-refractivity contribution in [2.45, 2.75) is 18.0 Å². The Kier molecular flexibility index (Phi) is 4.76. The fourth-order valence-electron chi connectivity index (χ4n) is 1.93. The first-order chi connectivity index (χ1) is 11.4. The first-order valence-corrected chi connectivity index (χ1v) is 8.13. The lowest BCUT2D eigenvalue weighted by atomic mass is 10.1. The summed E-state index contributed by atoms with van der Waals surface area (Å²) in [5, 5.41) is 8.89. The van der Waals surface area contributed by atoms with Crippen molar-refractivity contribution < 1.29 is 35.9 Å². The molecular weight excluding hydrogens is 366 g/mol. The van der Waals surface area contributed by atoms with Gasteiger partial charge in [-0.25, -0.2) is 17.6 Å². The van der Waals surface area contributed by atoms with Crippen LogP contribution in [-0.2, 0) is 16.2 Å². The molecule has 0 saturated carbocycles. The van der Waals surface area contributed by atoms with E-state index in [0.717, 1.165) is 12.1 Å². The van der Waals surface area contributed by atoms with Crippen molar-refractivity contribution in [3.05, 3.63) is 58.9 Å². The normalized spacial score (nSPS) is 12.0. The van der Waals surface area contributed by atoms with E-state index in [-0.39, 0.29) is 5.56 Å². The molecule has 2 N–H and O–H groups in total. The molecule has 0 fully saturated rings. The van der Waals surface area contributed by atoms with Crippen molar-refractivity contribution in [3.63, 3.8) is 0 Å². The second kappa shape index (κ2) is 6.36. The molecule has 0 aliphatic carbocycles. The standard InChI is InChI=1S/C15H11F4NO4S/c1-8-2-3-12(7-13(8)16)25(23,24)20-11-5-9(14(21)22)4-10(6-11)15(17,18)19/h2-7,20H,1H3,(H,21,22). The molecule has 10 heteroatoms. The maximum absolute atomic E-state index is 13.5. The van der Waals surface area contributed by atoms with Gasteiger partial charge in [-0.05, 0) is 42.8 Å². The molecular formula is C15H11F4NO4S. The molecule has 0 saturated heterocycles. The average Bonchev–Trinajstić information content (AvgIpc) is 2.48. The van der Waals surface area contributed by atoms with Gasteiger partial charge >= 0.3 is 12.1 Å². The summed E-state index contributed by atoms with van der Waals surface area (Å²) in [4.78, 5) is 10.4. The topological polar surface area (TPSA) is 83.5 Å². The summed E-state index contributed by atoms with van der Waals surface area (Å²) in [6.45, 7) is 1.41. The van der Waals surface area contributed by atoms with Gasteiger partial charge in [0.1, 0.15) is 5.82 Å². The first kappa shape index (κ1) is 18.7. The number of carboxylic acids is 1. The molecule has 0 heterocycles. The van der Waals surface area contributed by atoms with Crippen molar-refractivity contribution in [1.29, 1.82) is 0 Å². The Bertz CT molecular complexity index is 939. The number of nitrogens with one attached hydrogen (secondary N) is 1. The molecule has 134 valence electrons. The Hall–Kier alpha value is -2.62. The quantitative estimate of drug-likeness (QED) is 0.797. The summed E-state index contributed by atoms with van der Waals surface area (Å²) in [7, 11) is -4.41. The Morgan fingerprint density at radius 3 is 2.28 bits per heavy atom. The van der Waals surface area contributed by atoms with Crippen LogP contribution in [0.4, 0.5) is 23.2 Å². The SMILES string of the molecule is Cc1ccc(S(=O)(=O)Nc2cc(C(=O)O)cc(C(F)(F)F)c2)cc1F. The summed E-state index contributed by atoms with van der Waals surface area (Å²) in [6.07, 6.45) is -4.87. The van der Waals surface area contributed by atoms with E-state index in [9.17, 15) is 30.8 Å². The Labute approximate surface area is 140 Å². The minimum atomic E-state index is -4.87. The van der Waals surface area contributed by atoms with Crippen molar-refractivity contribution in [2.24, 2.45) is 0 Å². The molecule has 0 spiro atoms. The van der Waals surface area contributed by atoms with Crippen LogP contribution in [0.15, 0.2) is 41.3 Å². The molecule has 0 unspecified atom stereocenters. The second-order valence-corrected chi connectivity index (χ2v) is 6.80. The van der Waals surface area contributed by atoms with Gasteiger partial charge in [-0.2, -0.15) is 13.2 Å². The maximum atomic E-state index is 13.5. The number of alkyl halides is 3. The number of anilines is 1. The van der Waals surface area contributed by atoms with Gasteiger partial charge in [0.15, 0.2) is 0 Å². The number of rotatable bonds is 4. The van der Waals surface area contributed by atoms with E-state index in [1.165, 1.54) is 13.0 Å². The highest BCUT2D eigenvalue weighted by Crippen LogP contribution is 2.32. The summed E-state index contributed by atoms with van der Waals surface area (Å²) in [5.74, 6) is -2.47. The number of hydrogen-bond donors (Lipinski definition) is 2. The monoisotopic (exact) mass is 377 g/mol. The summed E-state index contributed by atoms with van der Waals surface area (Å²) in [6, 6.07) is 4.55. The Balaban J connectivity index is 2.49. The third kappa shape index (κ3) is 4.27. The van der Waals surface area contributed by atoms with Crippen molar-refractivity contribution >= 4 is 21.7 Å². The highest BCUT2D eigenvalue weighted by atomic mass is 32.2. The molecule has 0 aromatic heterocycles. The number of halogens is 4. The molecule has 2 rings (SSSR count). The molecule has 25 heavy (non-hydrogen) atoms. The molecule has 0 aliphatic rings. The van der Waals surface area contributed by atoms with Gasteiger partial charge in [-0.1, -0.05) is 6.07 Å². The fourth-order valence-corrected chi connectivity index (χ4v) is 2.98. The zero-order valence-corrected chi connectivity index (χ0v) is 13.4. The van der Waals surface area contributed by atoms with Crippen LogP contribution in [0.3, 0.4) is 0 Å². The number of sulfonamides is 1. The minimum Gasteiger partial charge on any atom is -0.478 e. The minimum absolute atomic E-state index is 0.186. The van der Waals surface area contributed by atoms with Crippen molar-refractivity contribution in [1.82, 2.24) is 0 Å². The van der Waals surface area contributed by atoms with Crippen LogP contribution in [0.1, 0.15) is 21.5 Å². The smallest absolute Gasteiger partial charge is 0.416 e. The number of aryl methyl sites for hydroxylation is 1. The van der Waals surface area contributed by atoms with E-state index in [1.807, 2.05) is 4.72 Å². The van der Waals surface area contributed by atoms with E-state index in [4.69, 9.17) is 5.11 Å². The fraction of sp³-hybridized carbons (Fsp3) is 0.133. The lowest BCUT2D eigenvalue weighted by Gasteiger charge is -2.13. The van der Waals surface area contributed by atoms with Crippen LogP contribution >= 0.6 is 0 Å². The van der Waals surface area contributed by atoms with E-state index in [1.54, 1.807) is 0 Å². The van der Waals surface area contributed by atoms with E-state index in [0.29, 0.717) is 18.2 Å².